The van der Waals surface area contributed by atoms with Crippen LogP contribution in [0, 0.1) is 5.92 Å². The molecule has 0 spiro atoms. The Hall–Kier alpha value is -2.38. The SMILES string of the molecule is CN(C)C(=NCC1CCCN(c2nccn3cnnc23)C1)N(C)C. The van der Waals surface area contributed by atoms with E-state index in [1.165, 1.54) is 6.42 Å². The van der Waals surface area contributed by atoms with E-state index in [0.29, 0.717) is 5.92 Å². The summed E-state index contributed by atoms with van der Waals surface area (Å²) < 4.78 is 1.92. The van der Waals surface area contributed by atoms with Gasteiger partial charge in [0.05, 0.1) is 0 Å². The van der Waals surface area contributed by atoms with Crippen LogP contribution in [-0.2, 0) is 0 Å². The highest BCUT2D eigenvalue weighted by Crippen LogP contribution is 2.24. The zero-order valence-electron chi connectivity index (χ0n) is 14.9. The summed E-state index contributed by atoms with van der Waals surface area (Å²) in [5.74, 6) is 2.45. The molecule has 2 aromatic heterocycles. The van der Waals surface area contributed by atoms with Crippen LogP contribution in [-0.4, -0.2) is 83.2 Å². The van der Waals surface area contributed by atoms with Gasteiger partial charge in [-0.25, -0.2) is 4.98 Å². The first-order valence-electron chi connectivity index (χ1n) is 8.34. The minimum absolute atomic E-state index is 0.527. The molecule has 1 atom stereocenters. The van der Waals surface area contributed by atoms with Gasteiger partial charge in [0.1, 0.15) is 6.33 Å². The molecule has 24 heavy (non-hydrogen) atoms. The molecule has 0 bridgehead atoms. The Morgan fingerprint density at radius 1 is 1.29 bits per heavy atom. The molecular weight excluding hydrogens is 304 g/mol. The number of piperidine rings is 1. The lowest BCUT2D eigenvalue weighted by molar-refractivity contribution is 0.412. The van der Waals surface area contributed by atoms with Crippen molar-refractivity contribution in [2.75, 3.05) is 52.7 Å². The minimum Gasteiger partial charge on any atom is -0.353 e. The Bertz CT molecular complexity index is 695. The fourth-order valence-electron chi connectivity index (χ4n) is 3.27. The smallest absolute Gasteiger partial charge is 0.203 e. The highest BCUT2D eigenvalue weighted by molar-refractivity contribution is 5.79. The lowest BCUT2D eigenvalue weighted by atomic mass is 9.98. The molecule has 0 saturated carbocycles. The second-order valence-electron chi connectivity index (χ2n) is 6.70. The number of hydrogen-bond donors (Lipinski definition) is 0. The summed E-state index contributed by atoms with van der Waals surface area (Å²) in [5, 5.41) is 8.19. The molecule has 0 aromatic carbocycles. The first-order chi connectivity index (χ1) is 11.6. The molecule has 8 nitrogen and oxygen atoms in total. The number of anilines is 1. The normalized spacial score (nSPS) is 17.8. The predicted molar refractivity (Wildman–Crippen MR) is 95.4 cm³/mol. The maximum absolute atomic E-state index is 4.82. The molecule has 1 unspecified atom stereocenters. The van der Waals surface area contributed by atoms with Gasteiger partial charge in [0, 0.05) is 60.2 Å². The van der Waals surface area contributed by atoms with Crippen molar-refractivity contribution in [3.8, 4) is 0 Å². The molecule has 3 heterocycles. The van der Waals surface area contributed by atoms with Gasteiger partial charge in [0.2, 0.25) is 5.65 Å². The summed E-state index contributed by atoms with van der Waals surface area (Å²) >= 11 is 0. The molecule has 8 heteroatoms. The number of hydrogen-bond acceptors (Lipinski definition) is 5. The largest absolute Gasteiger partial charge is 0.353 e. The van der Waals surface area contributed by atoms with Crippen LogP contribution in [0.25, 0.3) is 5.65 Å². The van der Waals surface area contributed by atoms with Crippen molar-refractivity contribution in [3.05, 3.63) is 18.7 Å². The summed E-state index contributed by atoms with van der Waals surface area (Å²) in [7, 11) is 8.12. The minimum atomic E-state index is 0.527. The van der Waals surface area contributed by atoms with Gasteiger partial charge in [-0.3, -0.25) is 9.39 Å². The van der Waals surface area contributed by atoms with Crippen LogP contribution in [0.3, 0.4) is 0 Å². The van der Waals surface area contributed by atoms with Crippen molar-refractivity contribution >= 4 is 17.4 Å². The Labute approximate surface area is 142 Å². The average Bonchev–Trinajstić information content (AvgIpc) is 3.03. The monoisotopic (exact) mass is 330 g/mol. The van der Waals surface area contributed by atoms with Gasteiger partial charge in [-0.15, -0.1) is 10.2 Å². The standard InChI is InChI=1S/C16H26N8/c1-21(2)16(22(3)4)18-10-13-6-5-8-23(11-13)14-15-20-19-12-24(15)9-7-17-14/h7,9,12-13H,5-6,8,10-11H2,1-4H3. The molecule has 0 aliphatic carbocycles. The van der Waals surface area contributed by atoms with E-state index < -0.39 is 0 Å². The molecule has 2 aromatic rings. The van der Waals surface area contributed by atoms with Crippen molar-refractivity contribution in [2.24, 2.45) is 10.9 Å². The molecule has 1 fully saturated rings. The number of fused-ring (bicyclic) bond motifs is 1. The Morgan fingerprint density at radius 3 is 2.83 bits per heavy atom. The van der Waals surface area contributed by atoms with E-state index >= 15 is 0 Å². The summed E-state index contributed by atoms with van der Waals surface area (Å²) in [6.07, 6.45) is 7.75. The molecule has 1 aliphatic heterocycles. The fraction of sp³-hybridized carbons (Fsp3) is 0.625. The van der Waals surface area contributed by atoms with E-state index in [9.17, 15) is 0 Å². The average molecular weight is 330 g/mol. The van der Waals surface area contributed by atoms with Gasteiger partial charge in [-0.2, -0.15) is 0 Å². The van der Waals surface area contributed by atoms with Gasteiger partial charge in [0.25, 0.3) is 0 Å². The van der Waals surface area contributed by atoms with Crippen molar-refractivity contribution in [1.29, 1.82) is 0 Å². The molecule has 1 saturated heterocycles. The van der Waals surface area contributed by atoms with Crippen LogP contribution in [0.4, 0.5) is 5.82 Å². The van der Waals surface area contributed by atoms with Gasteiger partial charge in [0.15, 0.2) is 11.8 Å². The van der Waals surface area contributed by atoms with Crippen molar-refractivity contribution in [3.63, 3.8) is 0 Å². The van der Waals surface area contributed by atoms with Gasteiger partial charge >= 0.3 is 0 Å². The Morgan fingerprint density at radius 2 is 2.08 bits per heavy atom. The summed E-state index contributed by atoms with van der Waals surface area (Å²) in [4.78, 5) is 15.8. The fourth-order valence-corrected chi connectivity index (χ4v) is 3.27. The van der Waals surface area contributed by atoms with Crippen molar-refractivity contribution in [1.82, 2.24) is 29.4 Å². The highest BCUT2D eigenvalue weighted by atomic mass is 15.3. The highest BCUT2D eigenvalue weighted by Gasteiger charge is 2.23. The summed E-state index contributed by atoms with van der Waals surface area (Å²) in [6, 6.07) is 0. The van der Waals surface area contributed by atoms with Crippen LogP contribution < -0.4 is 4.90 Å². The van der Waals surface area contributed by atoms with E-state index in [4.69, 9.17) is 4.99 Å². The van der Waals surface area contributed by atoms with Crippen LogP contribution in [0.1, 0.15) is 12.8 Å². The lowest BCUT2D eigenvalue weighted by Crippen LogP contribution is -2.39. The lowest BCUT2D eigenvalue weighted by Gasteiger charge is -2.33. The quantitative estimate of drug-likeness (QED) is 0.613. The zero-order valence-corrected chi connectivity index (χ0v) is 14.9. The van der Waals surface area contributed by atoms with Gasteiger partial charge in [-0.05, 0) is 18.8 Å². The van der Waals surface area contributed by atoms with E-state index in [-0.39, 0.29) is 0 Å². The maximum atomic E-state index is 4.82. The number of guanidine groups is 1. The van der Waals surface area contributed by atoms with Gasteiger partial charge in [-0.1, -0.05) is 0 Å². The van der Waals surface area contributed by atoms with Crippen LogP contribution >= 0.6 is 0 Å². The summed E-state index contributed by atoms with van der Waals surface area (Å²) in [6.45, 7) is 2.79. The van der Waals surface area contributed by atoms with Crippen LogP contribution in [0.15, 0.2) is 23.7 Å². The first kappa shape index (κ1) is 16.5. The van der Waals surface area contributed by atoms with Crippen LogP contribution in [0.5, 0.6) is 0 Å². The third kappa shape index (κ3) is 3.42. The molecule has 0 radical (unpaired) electrons. The molecule has 130 valence electrons. The zero-order chi connectivity index (χ0) is 17.1. The third-order valence-corrected chi connectivity index (χ3v) is 4.31. The molecule has 0 amide bonds. The molecule has 3 rings (SSSR count). The second-order valence-corrected chi connectivity index (χ2v) is 6.70. The summed E-state index contributed by atoms with van der Waals surface area (Å²) in [5.41, 5.74) is 0.823. The first-order valence-corrected chi connectivity index (χ1v) is 8.34. The molecular formula is C16H26N8. The molecule has 1 aliphatic rings. The van der Waals surface area contributed by atoms with E-state index in [2.05, 4.69) is 29.9 Å². The van der Waals surface area contributed by atoms with E-state index in [1.807, 2.05) is 45.0 Å². The number of nitrogens with zero attached hydrogens (tertiary/aromatic N) is 8. The van der Waals surface area contributed by atoms with Crippen molar-refractivity contribution < 1.29 is 0 Å². The Kier molecular flexibility index (Phi) is 4.82. The number of aliphatic imine (C=N–C) groups is 1. The van der Waals surface area contributed by atoms with Gasteiger partial charge < -0.3 is 14.7 Å². The number of rotatable bonds is 3. The van der Waals surface area contributed by atoms with E-state index in [1.54, 1.807) is 6.33 Å². The predicted octanol–water partition coefficient (Wildman–Crippen LogP) is 0.820. The topological polar surface area (TPSA) is 65.2 Å². The van der Waals surface area contributed by atoms with Crippen LogP contribution in [0.2, 0.25) is 0 Å². The molecule has 0 N–H and O–H groups in total. The maximum Gasteiger partial charge on any atom is 0.203 e. The Balaban J connectivity index is 1.73. The van der Waals surface area contributed by atoms with Crippen molar-refractivity contribution in [2.45, 2.75) is 12.8 Å². The number of aromatic nitrogens is 4. The van der Waals surface area contributed by atoms with E-state index in [0.717, 1.165) is 43.5 Å². The second kappa shape index (κ2) is 7.02. The third-order valence-electron chi connectivity index (χ3n) is 4.31.